The van der Waals surface area contributed by atoms with Crippen molar-refractivity contribution in [2.75, 3.05) is 7.05 Å². The van der Waals surface area contributed by atoms with E-state index < -0.39 is 0 Å². The van der Waals surface area contributed by atoms with Crippen molar-refractivity contribution in [2.24, 2.45) is 0 Å². The first kappa shape index (κ1) is 12.9. The number of halogens is 2. The smallest absolute Gasteiger partial charge is 0.0595 e. The third-order valence-corrected chi connectivity index (χ3v) is 4.38. The van der Waals surface area contributed by atoms with E-state index in [0.717, 1.165) is 6.42 Å². The molecule has 4 heteroatoms. The molecule has 0 aliphatic heterocycles. The Morgan fingerprint density at radius 1 is 1.24 bits per heavy atom. The van der Waals surface area contributed by atoms with E-state index >= 15 is 0 Å². The van der Waals surface area contributed by atoms with E-state index in [9.17, 15) is 0 Å². The molecule has 1 aromatic carbocycles. The number of hydrogen-bond acceptors (Lipinski definition) is 2. The van der Waals surface area contributed by atoms with Gasteiger partial charge >= 0.3 is 0 Å². The van der Waals surface area contributed by atoms with Gasteiger partial charge in [0.1, 0.15) is 0 Å². The van der Waals surface area contributed by atoms with E-state index in [-0.39, 0.29) is 0 Å². The molecule has 0 saturated carbocycles. The highest BCUT2D eigenvalue weighted by Gasteiger charge is 2.11. The van der Waals surface area contributed by atoms with Crippen LogP contribution in [0.5, 0.6) is 0 Å². The number of hydrogen-bond donors (Lipinski definition) is 1. The van der Waals surface area contributed by atoms with Gasteiger partial charge in [-0.05, 0) is 42.6 Å². The molecule has 0 radical (unpaired) electrons. The van der Waals surface area contributed by atoms with Crippen LogP contribution in [0, 0.1) is 0 Å². The summed E-state index contributed by atoms with van der Waals surface area (Å²) in [4.78, 5) is 1.33. The summed E-state index contributed by atoms with van der Waals surface area (Å²) in [5, 5.41) is 6.63. The molecule has 0 aliphatic rings. The Morgan fingerprint density at radius 3 is 2.65 bits per heavy atom. The Bertz CT molecular complexity index is 482. The Labute approximate surface area is 115 Å². The zero-order valence-corrected chi connectivity index (χ0v) is 11.7. The highest BCUT2D eigenvalue weighted by Crippen LogP contribution is 2.27. The van der Waals surface area contributed by atoms with Gasteiger partial charge in [0.25, 0.3) is 0 Å². The van der Waals surface area contributed by atoms with Gasteiger partial charge in [-0.15, -0.1) is 11.3 Å². The Kier molecular flexibility index (Phi) is 4.46. The van der Waals surface area contributed by atoms with E-state index in [4.69, 9.17) is 23.2 Å². The Morgan fingerprint density at radius 2 is 2.06 bits per heavy atom. The number of likely N-dealkylation sites (N-methyl/N-ethyl adjacent to an activating group) is 1. The van der Waals surface area contributed by atoms with Gasteiger partial charge in [-0.3, -0.25) is 0 Å². The quantitative estimate of drug-likeness (QED) is 0.869. The predicted octanol–water partition coefficient (Wildman–Crippen LogP) is 4.56. The molecule has 0 aliphatic carbocycles. The van der Waals surface area contributed by atoms with Gasteiger partial charge in [-0.1, -0.05) is 35.3 Å². The molecule has 1 atom stereocenters. The summed E-state index contributed by atoms with van der Waals surface area (Å²) >= 11 is 13.7. The average Bonchev–Trinajstić information content (AvgIpc) is 2.84. The second-order valence-corrected chi connectivity index (χ2v) is 5.60. The minimum atomic E-state index is 0.326. The third-order valence-electron chi connectivity index (χ3n) is 2.66. The highest BCUT2D eigenvalue weighted by molar-refractivity contribution is 7.10. The van der Waals surface area contributed by atoms with Gasteiger partial charge < -0.3 is 5.32 Å². The highest BCUT2D eigenvalue weighted by atomic mass is 35.5. The first-order valence-electron chi connectivity index (χ1n) is 5.35. The molecule has 1 aromatic heterocycles. The van der Waals surface area contributed by atoms with E-state index in [2.05, 4.69) is 22.8 Å². The van der Waals surface area contributed by atoms with E-state index in [1.54, 1.807) is 11.3 Å². The first-order valence-corrected chi connectivity index (χ1v) is 6.99. The summed E-state index contributed by atoms with van der Waals surface area (Å²) in [5.41, 5.74) is 1.19. The first-order chi connectivity index (χ1) is 8.20. The Hall–Kier alpha value is -0.540. The standard InChI is InChI=1S/C13H13Cl2NS/c1-16-12(13-3-2-6-17-13)8-9-4-5-10(14)11(15)7-9/h2-7,12,16H,8H2,1H3. The fourth-order valence-electron chi connectivity index (χ4n) is 1.74. The largest absolute Gasteiger partial charge is 0.312 e. The molecule has 0 fully saturated rings. The van der Waals surface area contributed by atoms with Crippen molar-refractivity contribution in [1.29, 1.82) is 0 Å². The Balaban J connectivity index is 2.16. The average molecular weight is 286 g/mol. The third kappa shape index (κ3) is 3.23. The summed E-state index contributed by atoms with van der Waals surface area (Å²) < 4.78 is 0. The molecule has 0 bridgehead atoms. The fourth-order valence-corrected chi connectivity index (χ4v) is 2.89. The summed E-state index contributed by atoms with van der Waals surface area (Å²) in [7, 11) is 1.97. The lowest BCUT2D eigenvalue weighted by Crippen LogP contribution is -2.17. The minimum Gasteiger partial charge on any atom is -0.312 e. The van der Waals surface area contributed by atoms with Crippen LogP contribution in [0.1, 0.15) is 16.5 Å². The summed E-state index contributed by atoms with van der Waals surface area (Å²) in [6.07, 6.45) is 0.911. The predicted molar refractivity (Wildman–Crippen MR) is 76.3 cm³/mol. The van der Waals surface area contributed by atoms with Crippen molar-refractivity contribution < 1.29 is 0 Å². The molecule has 17 heavy (non-hydrogen) atoms. The number of nitrogens with one attached hydrogen (secondary N) is 1. The SMILES string of the molecule is CNC(Cc1ccc(Cl)c(Cl)c1)c1cccs1. The molecule has 0 saturated heterocycles. The summed E-state index contributed by atoms with van der Waals surface area (Å²) in [6.45, 7) is 0. The van der Waals surface area contributed by atoms with Gasteiger partial charge in [0.15, 0.2) is 0 Å². The molecule has 1 unspecified atom stereocenters. The monoisotopic (exact) mass is 285 g/mol. The van der Waals surface area contributed by atoms with Gasteiger partial charge in [0.2, 0.25) is 0 Å². The summed E-state index contributed by atoms with van der Waals surface area (Å²) in [5.74, 6) is 0. The normalized spacial score (nSPS) is 12.6. The van der Waals surface area contributed by atoms with Crippen molar-refractivity contribution in [3.63, 3.8) is 0 Å². The molecule has 2 aromatic rings. The maximum Gasteiger partial charge on any atom is 0.0595 e. The van der Waals surface area contributed by atoms with Crippen LogP contribution < -0.4 is 5.32 Å². The van der Waals surface area contributed by atoms with Gasteiger partial charge in [0, 0.05) is 10.9 Å². The van der Waals surface area contributed by atoms with Crippen LogP contribution in [-0.2, 0) is 6.42 Å². The molecular weight excluding hydrogens is 273 g/mol. The van der Waals surface area contributed by atoms with Crippen LogP contribution >= 0.6 is 34.5 Å². The van der Waals surface area contributed by atoms with E-state index in [1.807, 2.05) is 25.2 Å². The van der Waals surface area contributed by atoms with Crippen LogP contribution in [0.15, 0.2) is 35.7 Å². The lowest BCUT2D eigenvalue weighted by Gasteiger charge is -2.14. The number of rotatable bonds is 4. The lowest BCUT2D eigenvalue weighted by molar-refractivity contribution is 0.602. The topological polar surface area (TPSA) is 12.0 Å². The van der Waals surface area contributed by atoms with E-state index in [1.165, 1.54) is 10.4 Å². The van der Waals surface area contributed by atoms with Crippen LogP contribution in [0.3, 0.4) is 0 Å². The molecule has 90 valence electrons. The molecular formula is C13H13Cl2NS. The molecule has 0 amide bonds. The molecule has 2 rings (SSSR count). The minimum absolute atomic E-state index is 0.326. The van der Waals surface area contributed by atoms with Crippen molar-refractivity contribution in [2.45, 2.75) is 12.5 Å². The van der Waals surface area contributed by atoms with Gasteiger partial charge in [0.05, 0.1) is 10.0 Å². The van der Waals surface area contributed by atoms with Crippen LogP contribution in [0.2, 0.25) is 10.0 Å². The lowest BCUT2D eigenvalue weighted by atomic mass is 10.0. The zero-order chi connectivity index (χ0) is 12.3. The number of benzene rings is 1. The van der Waals surface area contributed by atoms with Crippen molar-refractivity contribution in [3.05, 3.63) is 56.2 Å². The number of thiophene rings is 1. The van der Waals surface area contributed by atoms with Crippen LogP contribution in [0.4, 0.5) is 0 Å². The molecule has 1 N–H and O–H groups in total. The molecule has 0 spiro atoms. The second-order valence-electron chi connectivity index (χ2n) is 3.81. The van der Waals surface area contributed by atoms with Gasteiger partial charge in [-0.2, -0.15) is 0 Å². The fraction of sp³-hybridized carbons (Fsp3) is 0.231. The van der Waals surface area contributed by atoms with Crippen molar-refractivity contribution >= 4 is 34.5 Å². The van der Waals surface area contributed by atoms with Crippen LogP contribution in [-0.4, -0.2) is 7.05 Å². The molecule has 1 heterocycles. The maximum absolute atomic E-state index is 6.02. The van der Waals surface area contributed by atoms with Crippen LogP contribution in [0.25, 0.3) is 0 Å². The van der Waals surface area contributed by atoms with E-state index in [0.29, 0.717) is 16.1 Å². The van der Waals surface area contributed by atoms with Gasteiger partial charge in [-0.25, -0.2) is 0 Å². The molecule has 1 nitrogen and oxygen atoms in total. The van der Waals surface area contributed by atoms with Crippen molar-refractivity contribution in [1.82, 2.24) is 5.32 Å². The second kappa shape index (κ2) is 5.87. The zero-order valence-electron chi connectivity index (χ0n) is 9.41. The van der Waals surface area contributed by atoms with Crippen molar-refractivity contribution in [3.8, 4) is 0 Å². The summed E-state index contributed by atoms with van der Waals surface area (Å²) in [6, 6.07) is 10.3. The maximum atomic E-state index is 6.02.